The van der Waals surface area contributed by atoms with Crippen molar-refractivity contribution < 1.29 is 8.42 Å². The maximum absolute atomic E-state index is 12.8. The van der Waals surface area contributed by atoms with Crippen LogP contribution in [0.25, 0.3) is 10.8 Å². The van der Waals surface area contributed by atoms with Gasteiger partial charge in [0.25, 0.3) is 5.56 Å². The van der Waals surface area contributed by atoms with E-state index < -0.39 is 15.6 Å². The topological polar surface area (TPSA) is 86.4 Å². The van der Waals surface area contributed by atoms with Crippen LogP contribution in [-0.4, -0.2) is 41.9 Å². The van der Waals surface area contributed by atoms with Gasteiger partial charge in [-0.2, -0.15) is 9.40 Å². The highest BCUT2D eigenvalue weighted by Gasteiger charge is 2.32. The summed E-state index contributed by atoms with van der Waals surface area (Å²) < 4.78 is 27.1. The van der Waals surface area contributed by atoms with Crippen molar-refractivity contribution in [3.63, 3.8) is 0 Å². The number of aromatic nitrogens is 2. The highest BCUT2D eigenvalue weighted by atomic mass is 35.5. The Morgan fingerprint density at radius 3 is 2.70 bits per heavy atom. The average molecular weight is 405 g/mol. The first kappa shape index (κ1) is 18.0. The summed E-state index contributed by atoms with van der Waals surface area (Å²) in [5.74, 6) is -0.247. The number of halogens is 1. The van der Waals surface area contributed by atoms with E-state index in [1.54, 1.807) is 4.90 Å². The quantitative estimate of drug-likeness (QED) is 0.723. The second-order valence-corrected chi connectivity index (χ2v) is 8.69. The Balaban J connectivity index is 1.60. The Morgan fingerprint density at radius 1 is 1.11 bits per heavy atom. The van der Waals surface area contributed by atoms with E-state index in [1.165, 1.54) is 10.5 Å². The Hall–Kier alpha value is -2.42. The minimum atomic E-state index is -3.56. The van der Waals surface area contributed by atoms with Gasteiger partial charge in [0.15, 0.2) is 0 Å². The third-order valence-electron chi connectivity index (χ3n) is 4.68. The van der Waals surface area contributed by atoms with Crippen molar-refractivity contribution >= 4 is 38.1 Å². The molecule has 0 aliphatic carbocycles. The molecule has 1 saturated heterocycles. The second kappa shape index (κ2) is 6.95. The molecule has 2 aromatic carbocycles. The minimum Gasteiger partial charge on any atom is -0.352 e. The molecule has 7 nitrogen and oxygen atoms in total. The first-order valence-electron chi connectivity index (χ1n) is 8.38. The third kappa shape index (κ3) is 3.43. The van der Waals surface area contributed by atoms with Crippen molar-refractivity contribution in [2.75, 3.05) is 23.9 Å². The van der Waals surface area contributed by atoms with Gasteiger partial charge in [0.1, 0.15) is 10.9 Å². The molecule has 140 valence electrons. The van der Waals surface area contributed by atoms with Crippen LogP contribution in [0.5, 0.6) is 0 Å². The molecule has 3 aromatic rings. The van der Waals surface area contributed by atoms with Crippen molar-refractivity contribution in [1.29, 1.82) is 0 Å². The van der Waals surface area contributed by atoms with Gasteiger partial charge in [0.05, 0.1) is 11.9 Å². The molecule has 1 aromatic heterocycles. The van der Waals surface area contributed by atoms with E-state index in [0.29, 0.717) is 25.3 Å². The lowest BCUT2D eigenvalue weighted by atomic mass is 10.0. The zero-order chi connectivity index (χ0) is 19.0. The van der Waals surface area contributed by atoms with E-state index in [1.807, 2.05) is 42.5 Å². The summed E-state index contributed by atoms with van der Waals surface area (Å²) in [4.78, 5) is 13.2. The van der Waals surface area contributed by atoms with Crippen LogP contribution in [0.4, 0.5) is 5.69 Å². The van der Waals surface area contributed by atoms with Gasteiger partial charge in [-0.25, -0.2) is 13.5 Å². The van der Waals surface area contributed by atoms with Gasteiger partial charge < -0.3 is 4.90 Å². The molecule has 0 amide bonds. The molecule has 9 heteroatoms. The van der Waals surface area contributed by atoms with E-state index >= 15 is 0 Å². The number of hydrogen-bond donors (Lipinski definition) is 1. The van der Waals surface area contributed by atoms with E-state index in [9.17, 15) is 13.2 Å². The lowest BCUT2D eigenvalue weighted by molar-refractivity contribution is 0.394. The van der Waals surface area contributed by atoms with Gasteiger partial charge in [-0.15, -0.1) is 0 Å². The summed E-state index contributed by atoms with van der Waals surface area (Å²) in [6.45, 7) is 1.03. The summed E-state index contributed by atoms with van der Waals surface area (Å²) in [6.07, 6.45) is 1.37. The Labute approximate surface area is 161 Å². The van der Waals surface area contributed by atoms with Crippen LogP contribution in [0.3, 0.4) is 0 Å². The summed E-state index contributed by atoms with van der Waals surface area (Å²) in [7, 11) is -3.56. The normalized spacial score (nSPS) is 17.3. The maximum Gasteiger partial charge on any atom is 0.285 e. The van der Waals surface area contributed by atoms with Crippen LogP contribution >= 0.6 is 11.6 Å². The van der Waals surface area contributed by atoms with Gasteiger partial charge in [-0.05, 0) is 16.3 Å². The standard InChI is InChI=1S/C18H17ClN4O3S/c19-17-16(10-20-21-18(17)24)22-8-9-23(27(25,26)12-22)11-14-6-3-5-13-4-1-2-7-15(13)14/h1-7,10H,8-9,11-12H2,(H,21,24). The van der Waals surface area contributed by atoms with E-state index in [2.05, 4.69) is 10.2 Å². The largest absolute Gasteiger partial charge is 0.352 e. The number of H-pyrrole nitrogens is 1. The fourth-order valence-electron chi connectivity index (χ4n) is 3.30. The smallest absolute Gasteiger partial charge is 0.285 e. The van der Waals surface area contributed by atoms with Crippen LogP contribution in [0.15, 0.2) is 53.5 Å². The zero-order valence-electron chi connectivity index (χ0n) is 14.3. The average Bonchev–Trinajstić information content (AvgIpc) is 2.65. The van der Waals surface area contributed by atoms with E-state index in [4.69, 9.17) is 11.6 Å². The Kier molecular flexibility index (Phi) is 4.63. The molecular formula is C18H17ClN4O3S. The van der Waals surface area contributed by atoms with Gasteiger partial charge in [0, 0.05) is 19.6 Å². The van der Waals surface area contributed by atoms with Gasteiger partial charge in [0.2, 0.25) is 10.0 Å². The SMILES string of the molecule is O=c1[nH]ncc(N2CCN(Cc3cccc4ccccc34)S(=O)(=O)C2)c1Cl. The molecule has 1 aliphatic heterocycles. The van der Waals surface area contributed by atoms with Crippen LogP contribution < -0.4 is 10.5 Å². The number of rotatable bonds is 3. The highest BCUT2D eigenvalue weighted by molar-refractivity contribution is 7.89. The predicted molar refractivity (Wildman–Crippen MR) is 105 cm³/mol. The lowest BCUT2D eigenvalue weighted by Crippen LogP contribution is -2.49. The predicted octanol–water partition coefficient (Wildman–Crippen LogP) is 2.19. The van der Waals surface area contributed by atoms with Crippen molar-refractivity contribution in [2.24, 2.45) is 0 Å². The summed E-state index contributed by atoms with van der Waals surface area (Å²) in [5, 5.41) is 8.02. The molecule has 0 spiro atoms. The molecule has 0 radical (unpaired) electrons. The van der Waals surface area contributed by atoms with Crippen molar-refractivity contribution in [1.82, 2.24) is 14.5 Å². The molecule has 4 rings (SSSR count). The van der Waals surface area contributed by atoms with Crippen LogP contribution in [0, 0.1) is 0 Å². The number of nitrogens with zero attached hydrogens (tertiary/aromatic N) is 3. The summed E-state index contributed by atoms with van der Waals surface area (Å²) in [6, 6.07) is 13.8. The molecule has 27 heavy (non-hydrogen) atoms. The number of benzene rings is 2. The second-order valence-electron chi connectivity index (χ2n) is 6.37. The maximum atomic E-state index is 12.8. The summed E-state index contributed by atoms with van der Waals surface area (Å²) >= 11 is 6.02. The molecule has 0 bridgehead atoms. The summed E-state index contributed by atoms with van der Waals surface area (Å²) in [5.41, 5.74) is 0.750. The molecule has 1 aliphatic rings. The monoisotopic (exact) mass is 404 g/mol. The Morgan fingerprint density at radius 2 is 1.89 bits per heavy atom. The molecule has 1 fully saturated rings. The fourth-order valence-corrected chi connectivity index (χ4v) is 5.03. The fraction of sp³-hybridized carbons (Fsp3) is 0.222. The molecule has 0 saturated carbocycles. The van der Waals surface area contributed by atoms with Crippen LogP contribution in [0.2, 0.25) is 5.02 Å². The number of anilines is 1. The van der Waals surface area contributed by atoms with Gasteiger partial charge >= 0.3 is 0 Å². The number of aromatic amines is 1. The number of fused-ring (bicyclic) bond motifs is 1. The third-order valence-corrected chi connectivity index (χ3v) is 6.78. The number of nitrogens with one attached hydrogen (secondary N) is 1. The molecular weight excluding hydrogens is 388 g/mol. The zero-order valence-corrected chi connectivity index (χ0v) is 15.9. The van der Waals surface area contributed by atoms with Crippen molar-refractivity contribution in [3.8, 4) is 0 Å². The van der Waals surface area contributed by atoms with Crippen molar-refractivity contribution in [2.45, 2.75) is 6.54 Å². The molecule has 0 atom stereocenters. The molecule has 2 heterocycles. The van der Waals surface area contributed by atoms with E-state index in [0.717, 1.165) is 16.3 Å². The highest BCUT2D eigenvalue weighted by Crippen LogP contribution is 2.26. The minimum absolute atomic E-state index is 0.0531. The van der Waals surface area contributed by atoms with Crippen molar-refractivity contribution in [3.05, 3.63) is 69.6 Å². The first-order valence-corrected chi connectivity index (χ1v) is 10.4. The van der Waals surface area contributed by atoms with Gasteiger partial charge in [-0.3, -0.25) is 4.79 Å². The van der Waals surface area contributed by atoms with Gasteiger partial charge in [-0.1, -0.05) is 54.1 Å². The van der Waals surface area contributed by atoms with Crippen LogP contribution in [-0.2, 0) is 16.6 Å². The Bertz CT molecular complexity index is 1160. The lowest BCUT2D eigenvalue weighted by Gasteiger charge is -2.35. The van der Waals surface area contributed by atoms with E-state index in [-0.39, 0.29) is 10.9 Å². The first-order chi connectivity index (χ1) is 13.0. The number of hydrogen-bond acceptors (Lipinski definition) is 5. The van der Waals surface area contributed by atoms with Crippen LogP contribution in [0.1, 0.15) is 5.56 Å². The molecule has 1 N–H and O–H groups in total. The number of sulfonamides is 1. The molecule has 0 unspecified atom stereocenters.